The van der Waals surface area contributed by atoms with Crippen LogP contribution in [-0.2, 0) is 0 Å². The van der Waals surface area contributed by atoms with Gasteiger partial charge >= 0.3 is 0 Å². The molecule has 0 fully saturated rings. The molecule has 0 amide bonds. The molecule has 0 saturated heterocycles. The molecule has 0 aliphatic heterocycles. The molecule has 0 radical (unpaired) electrons. The van der Waals surface area contributed by atoms with Gasteiger partial charge in [-0.3, -0.25) is 0 Å². The zero-order valence-electron chi connectivity index (χ0n) is 6.46. The number of hydrogen-bond donors (Lipinski definition) is 3. The first-order chi connectivity index (χ1) is 4.63. The smallest absolute Gasteiger partial charge is 0.208 e. The van der Waals surface area contributed by atoms with Crippen LogP contribution in [0.4, 0.5) is 0 Å². The number of nitrogens with two attached hydrogens (primary N) is 2. The Hall–Kier alpha value is -0.970. The van der Waals surface area contributed by atoms with Crippen molar-refractivity contribution in [1.82, 2.24) is 10.3 Å². The van der Waals surface area contributed by atoms with E-state index in [2.05, 4.69) is 10.5 Å². The molecule has 0 aromatic heterocycles. The number of nitrogens with zero attached hydrogens (tertiary/aromatic N) is 2. The normalized spacial score (nSPS) is 9.50. The van der Waals surface area contributed by atoms with E-state index in [1.807, 2.05) is 19.0 Å². The Bertz CT molecular complexity index is 105. The summed E-state index contributed by atoms with van der Waals surface area (Å²) < 4.78 is 0. The predicted molar refractivity (Wildman–Crippen MR) is 42.4 cm³/mol. The van der Waals surface area contributed by atoms with E-state index < -0.39 is 0 Å². The van der Waals surface area contributed by atoms with Crippen LogP contribution in [-0.4, -0.2) is 38.0 Å². The van der Waals surface area contributed by atoms with Crippen molar-refractivity contribution in [2.45, 2.75) is 0 Å². The minimum Gasteiger partial charge on any atom is -0.369 e. The summed E-state index contributed by atoms with van der Waals surface area (Å²) in [7, 11) is 3.97. The van der Waals surface area contributed by atoms with Gasteiger partial charge in [-0.05, 0) is 14.1 Å². The van der Waals surface area contributed by atoms with Crippen molar-refractivity contribution in [2.75, 3.05) is 27.2 Å². The third-order valence-corrected chi connectivity index (χ3v) is 0.879. The Morgan fingerprint density at radius 2 is 2.10 bits per heavy atom. The van der Waals surface area contributed by atoms with E-state index in [9.17, 15) is 0 Å². The fourth-order valence-electron chi connectivity index (χ4n) is 0.421. The van der Waals surface area contributed by atoms with Crippen molar-refractivity contribution in [2.24, 2.45) is 16.6 Å². The average Bonchev–Trinajstić information content (AvgIpc) is 1.79. The lowest BCUT2D eigenvalue weighted by atomic mass is 10.6. The summed E-state index contributed by atoms with van der Waals surface area (Å²) >= 11 is 0. The molecule has 0 heterocycles. The largest absolute Gasteiger partial charge is 0.369 e. The molecule has 0 aliphatic carbocycles. The maximum atomic E-state index is 5.06. The van der Waals surface area contributed by atoms with Gasteiger partial charge in [-0.1, -0.05) is 0 Å². The van der Waals surface area contributed by atoms with E-state index >= 15 is 0 Å². The molecule has 10 heavy (non-hydrogen) atoms. The van der Waals surface area contributed by atoms with Crippen LogP contribution in [0.1, 0.15) is 0 Å². The first kappa shape index (κ1) is 9.03. The number of hydrogen-bond acceptors (Lipinski definition) is 3. The van der Waals surface area contributed by atoms with E-state index in [-0.39, 0.29) is 5.96 Å². The Labute approximate surface area is 61.1 Å². The molecule has 60 valence electrons. The predicted octanol–water partition coefficient (Wildman–Crippen LogP) is -1.67. The molecule has 0 bridgehead atoms. The SMILES string of the molecule is CN(C)CCNN=C(N)N. The molecular weight excluding hydrogens is 130 g/mol. The maximum Gasteiger partial charge on any atom is 0.208 e. The minimum atomic E-state index is 0.0683. The molecule has 0 aromatic carbocycles. The number of rotatable bonds is 4. The third kappa shape index (κ3) is 7.03. The molecule has 5 heteroatoms. The molecule has 5 N–H and O–H groups in total. The monoisotopic (exact) mass is 145 g/mol. The van der Waals surface area contributed by atoms with Crippen LogP contribution in [0.2, 0.25) is 0 Å². The summed E-state index contributed by atoms with van der Waals surface area (Å²) in [4.78, 5) is 2.04. The van der Waals surface area contributed by atoms with Crippen molar-refractivity contribution < 1.29 is 0 Å². The summed E-state index contributed by atoms with van der Waals surface area (Å²) in [5.74, 6) is 0.0683. The van der Waals surface area contributed by atoms with Gasteiger partial charge in [-0.2, -0.15) is 0 Å². The molecule has 0 aliphatic rings. The Morgan fingerprint density at radius 3 is 2.50 bits per heavy atom. The summed E-state index contributed by atoms with van der Waals surface area (Å²) in [5.41, 5.74) is 12.8. The van der Waals surface area contributed by atoms with Gasteiger partial charge in [0.05, 0.1) is 0 Å². The van der Waals surface area contributed by atoms with Crippen LogP contribution in [0, 0.1) is 0 Å². The van der Waals surface area contributed by atoms with E-state index in [1.165, 1.54) is 0 Å². The number of likely N-dealkylation sites (N-methyl/N-ethyl adjacent to an activating group) is 1. The van der Waals surface area contributed by atoms with E-state index in [1.54, 1.807) is 0 Å². The van der Waals surface area contributed by atoms with Crippen molar-refractivity contribution >= 4 is 5.96 Å². The van der Waals surface area contributed by atoms with Gasteiger partial charge < -0.3 is 21.8 Å². The van der Waals surface area contributed by atoms with Crippen molar-refractivity contribution in [3.05, 3.63) is 0 Å². The first-order valence-electron chi connectivity index (χ1n) is 3.09. The van der Waals surface area contributed by atoms with Crippen molar-refractivity contribution in [3.63, 3.8) is 0 Å². The molecule has 0 saturated carbocycles. The molecular formula is C5H15N5. The topological polar surface area (TPSA) is 79.7 Å². The minimum absolute atomic E-state index is 0.0683. The second kappa shape index (κ2) is 4.87. The van der Waals surface area contributed by atoms with E-state index in [0.717, 1.165) is 13.1 Å². The highest BCUT2D eigenvalue weighted by Crippen LogP contribution is 1.69. The van der Waals surface area contributed by atoms with Crippen molar-refractivity contribution in [1.29, 1.82) is 0 Å². The molecule has 0 rings (SSSR count). The Balaban J connectivity index is 3.13. The quantitative estimate of drug-likeness (QED) is 0.191. The fourth-order valence-corrected chi connectivity index (χ4v) is 0.421. The molecule has 0 unspecified atom stereocenters. The van der Waals surface area contributed by atoms with Gasteiger partial charge in [0.2, 0.25) is 5.96 Å². The van der Waals surface area contributed by atoms with Gasteiger partial charge in [0.15, 0.2) is 0 Å². The lowest BCUT2D eigenvalue weighted by Crippen LogP contribution is -2.29. The summed E-state index contributed by atoms with van der Waals surface area (Å²) in [6.07, 6.45) is 0. The van der Waals surface area contributed by atoms with Gasteiger partial charge in [0, 0.05) is 13.1 Å². The van der Waals surface area contributed by atoms with Crippen LogP contribution in [0.15, 0.2) is 5.10 Å². The second-order valence-electron chi connectivity index (χ2n) is 2.25. The number of guanidine groups is 1. The highest BCUT2D eigenvalue weighted by atomic mass is 15.3. The zero-order valence-corrected chi connectivity index (χ0v) is 6.46. The Kier molecular flexibility index (Phi) is 4.39. The highest BCUT2D eigenvalue weighted by molar-refractivity contribution is 5.75. The molecule has 5 nitrogen and oxygen atoms in total. The summed E-state index contributed by atoms with van der Waals surface area (Å²) in [6, 6.07) is 0. The highest BCUT2D eigenvalue weighted by Gasteiger charge is 1.86. The fraction of sp³-hybridized carbons (Fsp3) is 0.800. The van der Waals surface area contributed by atoms with Gasteiger partial charge in [0.25, 0.3) is 0 Å². The van der Waals surface area contributed by atoms with Crippen LogP contribution < -0.4 is 16.9 Å². The first-order valence-corrected chi connectivity index (χ1v) is 3.09. The standard InChI is InChI=1S/C5H15N5/c1-10(2)4-3-8-9-5(6)7/h8H,3-4H2,1-2H3,(H4,6,7,9). The van der Waals surface area contributed by atoms with Crippen LogP contribution in [0.3, 0.4) is 0 Å². The van der Waals surface area contributed by atoms with Gasteiger partial charge in [0.1, 0.15) is 0 Å². The lowest BCUT2D eigenvalue weighted by molar-refractivity contribution is 0.403. The second-order valence-corrected chi connectivity index (χ2v) is 2.25. The summed E-state index contributed by atoms with van der Waals surface area (Å²) in [5, 5.41) is 3.59. The zero-order chi connectivity index (χ0) is 7.98. The van der Waals surface area contributed by atoms with Crippen LogP contribution in [0.25, 0.3) is 0 Å². The van der Waals surface area contributed by atoms with Gasteiger partial charge in [-0.15, -0.1) is 5.10 Å². The number of hydrazone groups is 1. The van der Waals surface area contributed by atoms with Crippen LogP contribution in [0.5, 0.6) is 0 Å². The maximum absolute atomic E-state index is 5.06. The van der Waals surface area contributed by atoms with E-state index in [0.29, 0.717) is 0 Å². The van der Waals surface area contributed by atoms with E-state index in [4.69, 9.17) is 11.5 Å². The Morgan fingerprint density at radius 1 is 1.50 bits per heavy atom. The number of nitrogens with one attached hydrogen (secondary N) is 1. The molecule has 0 aromatic rings. The third-order valence-electron chi connectivity index (χ3n) is 0.879. The van der Waals surface area contributed by atoms with Crippen molar-refractivity contribution in [3.8, 4) is 0 Å². The van der Waals surface area contributed by atoms with Crippen LogP contribution >= 0.6 is 0 Å². The van der Waals surface area contributed by atoms with Gasteiger partial charge in [-0.25, -0.2) is 0 Å². The summed E-state index contributed by atoms with van der Waals surface area (Å²) in [6.45, 7) is 1.67. The molecule has 0 atom stereocenters. The average molecular weight is 145 g/mol. The lowest BCUT2D eigenvalue weighted by Gasteiger charge is -2.07. The molecule has 0 spiro atoms.